The van der Waals surface area contributed by atoms with Gasteiger partial charge in [0.25, 0.3) is 0 Å². The molecule has 1 aliphatic rings. The van der Waals surface area contributed by atoms with Crippen molar-refractivity contribution in [2.75, 3.05) is 25.1 Å². The minimum atomic E-state index is -1.27. The molecule has 4 aromatic rings. The highest BCUT2D eigenvalue weighted by Gasteiger charge is 2.30. The van der Waals surface area contributed by atoms with Crippen LogP contribution in [-0.4, -0.2) is 42.4 Å². The number of aromatic hydroxyl groups is 1. The van der Waals surface area contributed by atoms with Crippen LogP contribution in [0.4, 0.5) is 18.9 Å². The minimum absolute atomic E-state index is 0.163. The van der Waals surface area contributed by atoms with Gasteiger partial charge in [-0.3, -0.25) is 4.98 Å². The second kappa shape index (κ2) is 9.97. The van der Waals surface area contributed by atoms with Crippen LogP contribution in [0.15, 0.2) is 48.7 Å². The van der Waals surface area contributed by atoms with Crippen LogP contribution in [0.2, 0.25) is 0 Å². The van der Waals surface area contributed by atoms with E-state index in [1.807, 2.05) is 6.07 Å². The van der Waals surface area contributed by atoms with Crippen molar-refractivity contribution in [3.63, 3.8) is 0 Å². The summed E-state index contributed by atoms with van der Waals surface area (Å²) in [6, 6.07) is 11.6. The van der Waals surface area contributed by atoms with Crippen molar-refractivity contribution in [2.24, 2.45) is 5.73 Å². The number of pyridine rings is 1. The number of aryl methyl sites for hydroxylation is 1. The molecular weight excluding hydrogens is 493 g/mol. The number of rotatable bonds is 4. The van der Waals surface area contributed by atoms with Gasteiger partial charge in [0.05, 0.1) is 28.4 Å². The zero-order valence-electron chi connectivity index (χ0n) is 20.8. The molecule has 0 spiro atoms. The highest BCUT2D eigenvalue weighted by atomic mass is 19.2. The summed E-state index contributed by atoms with van der Waals surface area (Å²) in [5.41, 5.74) is 8.86. The van der Waals surface area contributed by atoms with Crippen LogP contribution in [-0.2, 0) is 4.74 Å². The second-order valence-corrected chi connectivity index (χ2v) is 9.50. The Morgan fingerprint density at radius 2 is 1.92 bits per heavy atom. The van der Waals surface area contributed by atoms with Gasteiger partial charge in [-0.15, -0.1) is 0 Å². The molecule has 0 aliphatic carbocycles. The largest absolute Gasteiger partial charge is 0.506 e. The maximum Gasteiger partial charge on any atom is 0.170 e. The van der Waals surface area contributed by atoms with E-state index in [2.05, 4.69) is 9.88 Å². The van der Waals surface area contributed by atoms with Crippen LogP contribution < -0.4 is 10.6 Å². The standard InChI is InChI=1S/C29H25F3N4O2/c1-15-7-17(9-19(30)8-15)21-13-35-24-4-3-16(26-27(32)22(31)11-18(12-33)29(26)37)10-20(24)28(21)36-6-5-23(34)25(14-36)38-2/h3-4,7-11,13,23,25,37H,5-6,14,34H2,1-2H3. The monoisotopic (exact) mass is 518 g/mol. The lowest BCUT2D eigenvalue weighted by Crippen LogP contribution is -2.51. The average Bonchev–Trinajstić information content (AvgIpc) is 2.90. The quantitative estimate of drug-likeness (QED) is 0.374. The summed E-state index contributed by atoms with van der Waals surface area (Å²) in [7, 11) is 1.59. The van der Waals surface area contributed by atoms with Crippen LogP contribution in [0, 0.1) is 35.7 Å². The Balaban J connectivity index is 1.80. The summed E-state index contributed by atoms with van der Waals surface area (Å²) >= 11 is 0. The normalized spacial score (nSPS) is 17.6. The fourth-order valence-electron chi connectivity index (χ4n) is 5.13. The number of phenols is 1. The van der Waals surface area contributed by atoms with Gasteiger partial charge >= 0.3 is 0 Å². The van der Waals surface area contributed by atoms with Crippen molar-refractivity contribution in [3.8, 4) is 34.1 Å². The van der Waals surface area contributed by atoms with Gasteiger partial charge in [-0.2, -0.15) is 5.26 Å². The molecule has 6 nitrogen and oxygen atoms in total. The molecule has 38 heavy (non-hydrogen) atoms. The van der Waals surface area contributed by atoms with Gasteiger partial charge in [-0.05, 0) is 60.4 Å². The first-order valence-corrected chi connectivity index (χ1v) is 12.1. The summed E-state index contributed by atoms with van der Waals surface area (Å²) in [4.78, 5) is 6.64. The first-order chi connectivity index (χ1) is 18.2. The van der Waals surface area contributed by atoms with Crippen molar-refractivity contribution in [3.05, 3.63) is 77.2 Å². The Labute approximate surface area is 217 Å². The third kappa shape index (κ3) is 4.42. The van der Waals surface area contributed by atoms with E-state index in [1.165, 1.54) is 18.2 Å². The first-order valence-electron chi connectivity index (χ1n) is 12.1. The Hall–Kier alpha value is -4.13. The molecule has 0 bridgehead atoms. The Bertz CT molecular complexity index is 1580. The molecule has 1 saturated heterocycles. The first kappa shape index (κ1) is 25.5. The van der Waals surface area contributed by atoms with E-state index < -0.39 is 28.8 Å². The SMILES string of the molecule is COC1CN(c2c(-c3cc(C)cc(F)c3)cnc3ccc(-c4c(O)c(C#N)cc(F)c4F)cc23)CCC1N. The maximum atomic E-state index is 15.0. The number of fused-ring (bicyclic) bond motifs is 1. The lowest BCUT2D eigenvalue weighted by molar-refractivity contribution is 0.0731. The third-order valence-electron chi connectivity index (χ3n) is 7.02. The molecule has 3 N–H and O–H groups in total. The second-order valence-electron chi connectivity index (χ2n) is 9.50. The molecule has 1 fully saturated rings. The van der Waals surface area contributed by atoms with E-state index in [9.17, 15) is 23.5 Å². The van der Waals surface area contributed by atoms with E-state index in [-0.39, 0.29) is 23.3 Å². The number of nitrogens with zero attached hydrogens (tertiary/aromatic N) is 3. The molecule has 1 aromatic heterocycles. The van der Waals surface area contributed by atoms with Crippen molar-refractivity contribution < 1.29 is 23.0 Å². The van der Waals surface area contributed by atoms with Crippen molar-refractivity contribution in [1.29, 1.82) is 5.26 Å². The van der Waals surface area contributed by atoms with Crippen LogP contribution in [0.1, 0.15) is 17.5 Å². The molecule has 0 amide bonds. The minimum Gasteiger partial charge on any atom is -0.506 e. The molecule has 0 saturated carbocycles. The number of halogens is 3. The number of nitrogens with two attached hydrogens (primary N) is 1. The Kier molecular flexibility index (Phi) is 6.69. The molecule has 5 rings (SSSR count). The van der Waals surface area contributed by atoms with Crippen LogP contribution in [0.3, 0.4) is 0 Å². The summed E-state index contributed by atoms with van der Waals surface area (Å²) in [6.07, 6.45) is 2.03. The van der Waals surface area contributed by atoms with Crippen molar-refractivity contribution >= 4 is 16.6 Å². The number of ether oxygens (including phenoxy) is 1. The number of nitriles is 1. The highest BCUT2D eigenvalue weighted by Crippen LogP contribution is 2.42. The summed E-state index contributed by atoms with van der Waals surface area (Å²) in [5, 5.41) is 20.5. The molecule has 2 atom stereocenters. The van der Waals surface area contributed by atoms with Crippen LogP contribution >= 0.6 is 0 Å². The van der Waals surface area contributed by atoms with E-state index in [0.717, 1.165) is 5.56 Å². The van der Waals surface area contributed by atoms with Gasteiger partial charge < -0.3 is 20.5 Å². The predicted octanol–water partition coefficient (Wildman–Crippen LogP) is 5.42. The summed E-state index contributed by atoms with van der Waals surface area (Å²) in [5.74, 6) is -3.56. The number of hydrogen-bond acceptors (Lipinski definition) is 6. The smallest absolute Gasteiger partial charge is 0.170 e. The number of methoxy groups -OCH3 is 1. The van der Waals surface area contributed by atoms with E-state index >= 15 is 0 Å². The molecular formula is C29H25F3N4O2. The van der Waals surface area contributed by atoms with E-state index in [1.54, 1.807) is 38.4 Å². The molecule has 2 unspecified atom stereocenters. The number of anilines is 1. The fourth-order valence-corrected chi connectivity index (χ4v) is 5.13. The number of benzene rings is 3. The zero-order valence-corrected chi connectivity index (χ0v) is 20.8. The Morgan fingerprint density at radius 1 is 1.13 bits per heavy atom. The predicted molar refractivity (Wildman–Crippen MR) is 139 cm³/mol. The van der Waals surface area contributed by atoms with Gasteiger partial charge in [0, 0.05) is 43.4 Å². The number of hydrogen-bond donors (Lipinski definition) is 2. The van der Waals surface area contributed by atoms with Gasteiger partial charge in [-0.1, -0.05) is 12.1 Å². The highest BCUT2D eigenvalue weighted by molar-refractivity contribution is 6.02. The number of aromatic nitrogens is 1. The van der Waals surface area contributed by atoms with Crippen molar-refractivity contribution in [2.45, 2.75) is 25.5 Å². The van der Waals surface area contributed by atoms with E-state index in [4.69, 9.17) is 10.5 Å². The molecule has 0 radical (unpaired) electrons. The van der Waals surface area contributed by atoms with Crippen LogP contribution in [0.25, 0.3) is 33.2 Å². The van der Waals surface area contributed by atoms with Crippen molar-refractivity contribution in [1.82, 2.24) is 4.98 Å². The molecule has 3 aromatic carbocycles. The number of piperidine rings is 1. The topological polar surface area (TPSA) is 95.4 Å². The lowest BCUT2D eigenvalue weighted by Gasteiger charge is -2.38. The third-order valence-corrected chi connectivity index (χ3v) is 7.02. The number of phenolic OH excluding ortho intramolecular Hbond substituents is 1. The van der Waals surface area contributed by atoms with Gasteiger partial charge in [0.2, 0.25) is 0 Å². The molecule has 2 heterocycles. The van der Waals surface area contributed by atoms with Gasteiger partial charge in [0.15, 0.2) is 11.6 Å². The Morgan fingerprint density at radius 3 is 2.63 bits per heavy atom. The lowest BCUT2D eigenvalue weighted by atomic mass is 9.94. The average molecular weight is 519 g/mol. The molecule has 9 heteroatoms. The van der Waals surface area contributed by atoms with Crippen LogP contribution in [0.5, 0.6) is 5.75 Å². The van der Waals surface area contributed by atoms with Gasteiger partial charge in [0.1, 0.15) is 17.6 Å². The zero-order chi connectivity index (χ0) is 27.1. The maximum absolute atomic E-state index is 15.0. The van der Waals surface area contributed by atoms with E-state index in [0.29, 0.717) is 53.3 Å². The fraction of sp³-hybridized carbons (Fsp3) is 0.241. The molecule has 194 valence electrons. The summed E-state index contributed by atoms with van der Waals surface area (Å²) < 4.78 is 49.4. The van der Waals surface area contributed by atoms with Gasteiger partial charge in [-0.25, -0.2) is 13.2 Å². The molecule has 1 aliphatic heterocycles. The summed E-state index contributed by atoms with van der Waals surface area (Å²) in [6.45, 7) is 2.81.